The highest BCUT2D eigenvalue weighted by Crippen LogP contribution is 2.25. The van der Waals surface area contributed by atoms with Gasteiger partial charge in [-0.3, -0.25) is 0 Å². The van der Waals surface area contributed by atoms with Crippen molar-refractivity contribution in [2.75, 3.05) is 0 Å². The van der Waals surface area contributed by atoms with E-state index in [0.717, 1.165) is 6.29 Å². The second-order valence-electron chi connectivity index (χ2n) is 5.30. The molecule has 0 spiro atoms. The van der Waals surface area contributed by atoms with Crippen LogP contribution in [-0.4, -0.2) is 18.0 Å². The summed E-state index contributed by atoms with van der Waals surface area (Å²) in [6, 6.07) is 4.36. The molecule has 0 aliphatic heterocycles. The molecule has 0 heterocycles. The summed E-state index contributed by atoms with van der Waals surface area (Å²) < 4.78 is 5.16. The van der Waals surface area contributed by atoms with Crippen LogP contribution in [-0.2, 0) is 9.53 Å². The first kappa shape index (κ1) is 16.8. The third-order valence-electron chi connectivity index (χ3n) is 2.31. The molecule has 0 radical (unpaired) electrons. The van der Waals surface area contributed by atoms with E-state index in [4.69, 9.17) is 27.9 Å². The molecular weight excluding hydrogens is 301 g/mol. The van der Waals surface area contributed by atoms with Gasteiger partial charge in [-0.1, -0.05) is 23.2 Å². The van der Waals surface area contributed by atoms with Gasteiger partial charge >= 0.3 is 6.09 Å². The smallest absolute Gasteiger partial charge is 0.408 e. The van der Waals surface area contributed by atoms with Crippen LogP contribution in [0.4, 0.5) is 4.79 Å². The summed E-state index contributed by atoms with van der Waals surface area (Å²) in [5, 5.41) is 3.51. The maximum Gasteiger partial charge on any atom is 0.408 e. The summed E-state index contributed by atoms with van der Waals surface area (Å²) in [5.74, 6) is 0. The molecule has 0 unspecified atom stereocenters. The zero-order valence-electron chi connectivity index (χ0n) is 11.6. The summed E-state index contributed by atoms with van der Waals surface area (Å²) >= 11 is 11.8. The van der Waals surface area contributed by atoms with E-state index in [-0.39, 0.29) is 6.42 Å². The molecule has 6 heteroatoms. The highest BCUT2D eigenvalue weighted by atomic mass is 35.5. The third kappa shape index (κ3) is 5.80. The molecule has 1 aromatic rings. The van der Waals surface area contributed by atoms with E-state index in [0.29, 0.717) is 15.6 Å². The van der Waals surface area contributed by atoms with E-state index in [2.05, 4.69) is 5.32 Å². The second kappa shape index (κ2) is 6.95. The Morgan fingerprint density at radius 3 is 2.30 bits per heavy atom. The van der Waals surface area contributed by atoms with Crippen molar-refractivity contribution in [3.05, 3.63) is 33.8 Å². The van der Waals surface area contributed by atoms with E-state index in [1.54, 1.807) is 39.0 Å². The standard InChI is InChI=1S/C14H17Cl2NO3/c1-14(2,3)20-13(19)17-12(4-5-18)9-6-10(15)8-11(16)7-9/h5-8,12H,4H2,1-3H3,(H,17,19)/t12-/m1/s1. The lowest BCUT2D eigenvalue weighted by Crippen LogP contribution is -2.35. The van der Waals surface area contributed by atoms with Gasteiger partial charge < -0.3 is 14.8 Å². The van der Waals surface area contributed by atoms with Gasteiger partial charge in [-0.05, 0) is 44.5 Å². The number of alkyl carbamates (subject to hydrolysis) is 1. The molecule has 0 aliphatic carbocycles. The van der Waals surface area contributed by atoms with E-state index in [1.807, 2.05) is 0 Å². The van der Waals surface area contributed by atoms with Gasteiger partial charge in [0.05, 0.1) is 6.04 Å². The second-order valence-corrected chi connectivity index (χ2v) is 6.18. The minimum absolute atomic E-state index is 0.107. The number of hydrogen-bond donors (Lipinski definition) is 1. The van der Waals surface area contributed by atoms with Crippen molar-refractivity contribution in [3.63, 3.8) is 0 Å². The molecule has 1 N–H and O–H groups in total. The number of rotatable bonds is 4. The van der Waals surface area contributed by atoms with Gasteiger partial charge in [0.25, 0.3) is 0 Å². The lowest BCUT2D eigenvalue weighted by Gasteiger charge is -2.23. The molecule has 1 amide bonds. The normalized spacial score (nSPS) is 12.7. The van der Waals surface area contributed by atoms with Crippen LogP contribution in [0.1, 0.15) is 38.8 Å². The number of halogens is 2. The molecule has 1 atom stereocenters. The maximum absolute atomic E-state index is 11.8. The maximum atomic E-state index is 11.8. The first-order valence-corrected chi connectivity index (χ1v) is 6.86. The SMILES string of the molecule is CC(C)(C)OC(=O)N[C@H](CC=O)c1cc(Cl)cc(Cl)c1. The highest BCUT2D eigenvalue weighted by Gasteiger charge is 2.20. The Balaban J connectivity index is 2.88. The van der Waals surface area contributed by atoms with Gasteiger partial charge in [-0.2, -0.15) is 0 Å². The Hall–Kier alpha value is -1.26. The Labute approximate surface area is 128 Å². The topological polar surface area (TPSA) is 55.4 Å². The van der Waals surface area contributed by atoms with Gasteiger partial charge in [-0.25, -0.2) is 4.79 Å². The van der Waals surface area contributed by atoms with Crippen LogP contribution in [0.3, 0.4) is 0 Å². The summed E-state index contributed by atoms with van der Waals surface area (Å²) in [5.41, 5.74) is 0.0439. The Morgan fingerprint density at radius 1 is 1.30 bits per heavy atom. The van der Waals surface area contributed by atoms with Gasteiger partial charge in [-0.15, -0.1) is 0 Å². The predicted octanol–water partition coefficient (Wildman–Crippen LogP) is 4.15. The van der Waals surface area contributed by atoms with Crippen LogP contribution < -0.4 is 5.32 Å². The predicted molar refractivity (Wildman–Crippen MR) is 79.3 cm³/mol. The van der Waals surface area contributed by atoms with Gasteiger partial charge in [0.15, 0.2) is 0 Å². The van der Waals surface area contributed by atoms with Gasteiger partial charge in [0, 0.05) is 16.5 Å². The fraction of sp³-hybridized carbons (Fsp3) is 0.429. The van der Waals surface area contributed by atoms with Crippen molar-refractivity contribution in [2.24, 2.45) is 0 Å². The molecule has 0 aromatic heterocycles. The van der Waals surface area contributed by atoms with Crippen molar-refractivity contribution in [2.45, 2.75) is 38.8 Å². The van der Waals surface area contributed by atoms with Crippen LogP contribution in [0.5, 0.6) is 0 Å². The van der Waals surface area contributed by atoms with Crippen molar-refractivity contribution in [3.8, 4) is 0 Å². The Kier molecular flexibility index (Phi) is 5.84. The highest BCUT2D eigenvalue weighted by molar-refractivity contribution is 6.34. The molecule has 0 fully saturated rings. The van der Waals surface area contributed by atoms with E-state index in [9.17, 15) is 9.59 Å². The quantitative estimate of drug-likeness (QED) is 0.849. The summed E-state index contributed by atoms with van der Waals surface area (Å²) in [6.45, 7) is 5.28. The number of amides is 1. The molecule has 110 valence electrons. The zero-order valence-corrected chi connectivity index (χ0v) is 13.1. The van der Waals surface area contributed by atoms with Crippen LogP contribution in [0.15, 0.2) is 18.2 Å². The Bertz CT molecular complexity index is 477. The summed E-state index contributed by atoms with van der Waals surface area (Å²) in [4.78, 5) is 22.5. The average Bonchev–Trinajstić information content (AvgIpc) is 2.24. The zero-order chi connectivity index (χ0) is 15.3. The molecule has 0 saturated carbocycles. The monoisotopic (exact) mass is 317 g/mol. The molecular formula is C14H17Cl2NO3. The molecule has 1 aromatic carbocycles. The van der Waals surface area contributed by atoms with Crippen molar-refractivity contribution < 1.29 is 14.3 Å². The average molecular weight is 318 g/mol. The number of aldehydes is 1. The van der Waals surface area contributed by atoms with Crippen molar-refractivity contribution in [1.29, 1.82) is 0 Å². The molecule has 20 heavy (non-hydrogen) atoms. The van der Waals surface area contributed by atoms with Crippen molar-refractivity contribution in [1.82, 2.24) is 5.32 Å². The van der Waals surface area contributed by atoms with E-state index in [1.165, 1.54) is 0 Å². The number of ether oxygens (including phenoxy) is 1. The van der Waals surface area contributed by atoms with E-state index >= 15 is 0 Å². The summed E-state index contributed by atoms with van der Waals surface area (Å²) in [6.07, 6.45) is 0.229. The summed E-state index contributed by atoms with van der Waals surface area (Å²) in [7, 11) is 0. The number of benzene rings is 1. The third-order valence-corrected chi connectivity index (χ3v) is 2.75. The molecule has 1 rings (SSSR count). The molecule has 0 saturated heterocycles. The molecule has 4 nitrogen and oxygen atoms in total. The number of carbonyl (C=O) groups excluding carboxylic acids is 2. The number of carbonyl (C=O) groups is 2. The van der Waals surface area contributed by atoms with Crippen molar-refractivity contribution >= 4 is 35.6 Å². The fourth-order valence-electron chi connectivity index (χ4n) is 1.60. The van der Waals surface area contributed by atoms with Crippen LogP contribution >= 0.6 is 23.2 Å². The first-order chi connectivity index (χ1) is 9.21. The van der Waals surface area contributed by atoms with Gasteiger partial charge in [0.2, 0.25) is 0 Å². The number of hydrogen-bond acceptors (Lipinski definition) is 3. The lowest BCUT2D eigenvalue weighted by atomic mass is 10.0. The molecule has 0 bridgehead atoms. The van der Waals surface area contributed by atoms with Crippen LogP contribution in [0.2, 0.25) is 10.0 Å². The number of nitrogens with one attached hydrogen (secondary N) is 1. The lowest BCUT2D eigenvalue weighted by molar-refractivity contribution is -0.108. The first-order valence-electron chi connectivity index (χ1n) is 6.10. The van der Waals surface area contributed by atoms with Gasteiger partial charge in [0.1, 0.15) is 11.9 Å². The fourth-order valence-corrected chi connectivity index (χ4v) is 2.14. The minimum Gasteiger partial charge on any atom is -0.444 e. The molecule has 0 aliphatic rings. The largest absolute Gasteiger partial charge is 0.444 e. The van der Waals surface area contributed by atoms with Crippen LogP contribution in [0.25, 0.3) is 0 Å². The Morgan fingerprint density at radius 2 is 1.85 bits per heavy atom. The minimum atomic E-state index is -0.609. The van der Waals surface area contributed by atoms with Crippen LogP contribution in [0, 0.1) is 0 Å². The van der Waals surface area contributed by atoms with E-state index < -0.39 is 17.7 Å².